The van der Waals surface area contributed by atoms with Crippen molar-refractivity contribution in [3.63, 3.8) is 0 Å². The number of benzene rings is 1. The van der Waals surface area contributed by atoms with Crippen LogP contribution in [0.5, 0.6) is 0 Å². The molecule has 0 fully saturated rings. The summed E-state index contributed by atoms with van der Waals surface area (Å²) in [6.45, 7) is 2.72. The second-order valence-corrected chi connectivity index (χ2v) is 4.77. The fraction of sp³-hybridized carbons (Fsp3) is 0.167. The largest absolute Gasteiger partial charge is 0.318 e. The summed E-state index contributed by atoms with van der Waals surface area (Å²) < 4.78 is 1.93. The third-order valence-corrected chi connectivity index (χ3v) is 3.66. The minimum atomic E-state index is 0.781. The van der Waals surface area contributed by atoms with E-state index < -0.39 is 0 Å². The second-order valence-electron chi connectivity index (χ2n) is 3.76. The molecule has 1 aliphatic heterocycles. The predicted octanol–water partition coefficient (Wildman–Crippen LogP) is 2.28. The summed E-state index contributed by atoms with van der Waals surface area (Å²) in [5.74, 6) is 0.884. The number of thioether (sulfide) groups is 1. The Morgan fingerprint density at radius 3 is 2.88 bits per heavy atom. The van der Waals surface area contributed by atoms with Crippen LogP contribution < -0.4 is 5.43 Å². The van der Waals surface area contributed by atoms with Crippen LogP contribution in [0.2, 0.25) is 0 Å². The van der Waals surface area contributed by atoms with Gasteiger partial charge in [-0.1, -0.05) is 30.3 Å². The zero-order chi connectivity index (χ0) is 11.7. The maximum atomic E-state index is 4.16. The van der Waals surface area contributed by atoms with Gasteiger partial charge in [-0.15, -0.1) is 10.2 Å². The Hall–Kier alpha value is -1.75. The maximum absolute atomic E-state index is 4.16. The Morgan fingerprint density at radius 2 is 2.06 bits per heavy atom. The quantitative estimate of drug-likeness (QED) is 0.835. The Balaban J connectivity index is 1.97. The molecule has 3 rings (SSSR count). The SMILES string of the molecule is Cc1nnc2n1NCC=C(c1ccccc1)S2. The van der Waals surface area contributed by atoms with Gasteiger partial charge in [-0.05, 0) is 30.3 Å². The number of rotatable bonds is 1. The molecule has 4 nitrogen and oxygen atoms in total. The molecule has 0 atom stereocenters. The zero-order valence-electron chi connectivity index (χ0n) is 9.42. The van der Waals surface area contributed by atoms with Gasteiger partial charge in [0.25, 0.3) is 0 Å². The van der Waals surface area contributed by atoms with Crippen LogP contribution >= 0.6 is 11.8 Å². The monoisotopic (exact) mass is 244 g/mol. The second kappa shape index (κ2) is 4.25. The number of nitrogens with one attached hydrogen (secondary N) is 1. The van der Waals surface area contributed by atoms with E-state index >= 15 is 0 Å². The number of aromatic nitrogens is 3. The molecular formula is C12H12N4S. The van der Waals surface area contributed by atoms with Crippen molar-refractivity contribution in [2.45, 2.75) is 12.1 Å². The summed E-state index contributed by atoms with van der Waals surface area (Å²) in [5.41, 5.74) is 4.48. The lowest BCUT2D eigenvalue weighted by atomic mass is 10.2. The Labute approximate surface area is 104 Å². The molecule has 0 radical (unpaired) electrons. The molecule has 5 heteroatoms. The van der Waals surface area contributed by atoms with E-state index in [0.29, 0.717) is 0 Å². The normalized spacial score (nSPS) is 14.5. The van der Waals surface area contributed by atoms with Crippen molar-refractivity contribution in [3.05, 3.63) is 47.8 Å². The van der Waals surface area contributed by atoms with Crippen molar-refractivity contribution in [1.82, 2.24) is 14.9 Å². The van der Waals surface area contributed by atoms with Gasteiger partial charge in [-0.2, -0.15) is 0 Å². The summed E-state index contributed by atoms with van der Waals surface area (Å²) >= 11 is 1.64. The first-order valence-corrected chi connectivity index (χ1v) is 6.25. The van der Waals surface area contributed by atoms with Crippen LogP contribution in [0.25, 0.3) is 4.91 Å². The Kier molecular flexibility index (Phi) is 2.60. The first kappa shape index (κ1) is 10.4. The third-order valence-electron chi connectivity index (χ3n) is 2.59. The molecule has 2 heterocycles. The summed E-state index contributed by atoms with van der Waals surface area (Å²) in [6.07, 6.45) is 2.17. The Bertz CT molecular complexity index is 559. The first-order chi connectivity index (χ1) is 8.34. The van der Waals surface area contributed by atoms with Crippen molar-refractivity contribution in [2.75, 3.05) is 12.0 Å². The highest BCUT2D eigenvalue weighted by molar-refractivity contribution is 8.08. The van der Waals surface area contributed by atoms with E-state index in [9.17, 15) is 0 Å². The molecule has 0 saturated heterocycles. The molecule has 2 aromatic rings. The van der Waals surface area contributed by atoms with Crippen LogP contribution in [-0.4, -0.2) is 21.4 Å². The number of hydrogen-bond acceptors (Lipinski definition) is 4. The minimum absolute atomic E-state index is 0.781. The third kappa shape index (κ3) is 1.93. The molecule has 0 spiro atoms. The van der Waals surface area contributed by atoms with Gasteiger partial charge in [0.15, 0.2) is 0 Å². The number of nitrogens with zero attached hydrogens (tertiary/aromatic N) is 3. The highest BCUT2D eigenvalue weighted by Crippen LogP contribution is 2.34. The van der Waals surface area contributed by atoms with Gasteiger partial charge in [-0.3, -0.25) is 0 Å². The zero-order valence-corrected chi connectivity index (χ0v) is 10.2. The highest BCUT2D eigenvalue weighted by atomic mass is 32.2. The van der Waals surface area contributed by atoms with E-state index in [1.54, 1.807) is 11.8 Å². The number of aryl methyl sites for hydroxylation is 1. The average Bonchev–Trinajstić information content (AvgIpc) is 2.61. The van der Waals surface area contributed by atoms with Crippen LogP contribution in [0.15, 0.2) is 41.6 Å². The van der Waals surface area contributed by atoms with E-state index in [0.717, 1.165) is 17.5 Å². The molecule has 0 saturated carbocycles. The molecule has 86 valence electrons. The molecule has 1 aliphatic rings. The van der Waals surface area contributed by atoms with E-state index in [-0.39, 0.29) is 0 Å². The molecule has 0 bridgehead atoms. The summed E-state index contributed by atoms with van der Waals surface area (Å²) in [5, 5.41) is 9.12. The maximum Gasteiger partial charge on any atom is 0.214 e. The molecular weight excluding hydrogens is 232 g/mol. The summed E-state index contributed by atoms with van der Waals surface area (Å²) in [4.78, 5) is 1.21. The lowest BCUT2D eigenvalue weighted by molar-refractivity contribution is 0.764. The van der Waals surface area contributed by atoms with Crippen LogP contribution in [0.1, 0.15) is 11.4 Å². The molecule has 0 aliphatic carbocycles. The van der Waals surface area contributed by atoms with Crippen molar-refractivity contribution >= 4 is 16.7 Å². The van der Waals surface area contributed by atoms with Gasteiger partial charge in [-0.25, -0.2) is 4.68 Å². The van der Waals surface area contributed by atoms with Gasteiger partial charge in [0.2, 0.25) is 5.16 Å². The first-order valence-electron chi connectivity index (χ1n) is 5.44. The van der Waals surface area contributed by atoms with Crippen LogP contribution in [-0.2, 0) is 0 Å². The van der Waals surface area contributed by atoms with Crippen LogP contribution in [0, 0.1) is 6.92 Å². The van der Waals surface area contributed by atoms with Gasteiger partial charge in [0.1, 0.15) is 5.82 Å². The van der Waals surface area contributed by atoms with Crippen LogP contribution in [0.3, 0.4) is 0 Å². The number of hydrogen-bond donors (Lipinski definition) is 1. The number of fused-ring (bicyclic) bond motifs is 1. The molecule has 0 unspecified atom stereocenters. The van der Waals surface area contributed by atoms with Gasteiger partial charge >= 0.3 is 0 Å². The smallest absolute Gasteiger partial charge is 0.214 e. The van der Waals surface area contributed by atoms with E-state index in [1.807, 2.05) is 29.8 Å². The Morgan fingerprint density at radius 1 is 1.24 bits per heavy atom. The van der Waals surface area contributed by atoms with Crippen molar-refractivity contribution in [3.8, 4) is 0 Å². The molecule has 1 aromatic carbocycles. The minimum Gasteiger partial charge on any atom is -0.318 e. The topological polar surface area (TPSA) is 42.7 Å². The standard InChI is InChI=1S/C12H12N4S/c1-9-14-15-12-16(9)13-8-7-11(17-12)10-5-3-2-4-6-10/h2-7,13H,8H2,1H3. The van der Waals surface area contributed by atoms with Gasteiger partial charge < -0.3 is 5.43 Å². The lowest BCUT2D eigenvalue weighted by Gasteiger charge is -2.05. The summed E-state index contributed by atoms with van der Waals surface area (Å²) in [7, 11) is 0. The van der Waals surface area contributed by atoms with Gasteiger partial charge in [0.05, 0.1) is 6.54 Å². The molecule has 1 N–H and O–H groups in total. The van der Waals surface area contributed by atoms with E-state index in [1.165, 1.54) is 10.5 Å². The van der Waals surface area contributed by atoms with E-state index in [4.69, 9.17) is 0 Å². The average molecular weight is 244 g/mol. The molecule has 0 amide bonds. The van der Waals surface area contributed by atoms with E-state index in [2.05, 4.69) is 33.8 Å². The van der Waals surface area contributed by atoms with Crippen molar-refractivity contribution in [1.29, 1.82) is 0 Å². The van der Waals surface area contributed by atoms with Crippen molar-refractivity contribution < 1.29 is 0 Å². The molecule has 17 heavy (non-hydrogen) atoms. The lowest BCUT2D eigenvalue weighted by Crippen LogP contribution is -2.15. The van der Waals surface area contributed by atoms with Crippen LogP contribution in [0.4, 0.5) is 0 Å². The summed E-state index contributed by atoms with van der Waals surface area (Å²) in [6, 6.07) is 10.3. The van der Waals surface area contributed by atoms with Crippen molar-refractivity contribution in [2.24, 2.45) is 0 Å². The fourth-order valence-corrected chi connectivity index (χ4v) is 2.73. The van der Waals surface area contributed by atoms with Gasteiger partial charge in [0, 0.05) is 4.91 Å². The molecule has 1 aromatic heterocycles. The predicted molar refractivity (Wildman–Crippen MR) is 69.3 cm³/mol. The fourth-order valence-electron chi connectivity index (χ4n) is 1.74. The highest BCUT2D eigenvalue weighted by Gasteiger charge is 2.15.